The fraction of sp³-hybridized carbons (Fsp3) is 0.550. The molecule has 0 radical (unpaired) electrons. The van der Waals surface area contributed by atoms with E-state index in [0.717, 1.165) is 44.4 Å². The summed E-state index contributed by atoms with van der Waals surface area (Å²) in [6.07, 6.45) is 5.34. The smallest absolute Gasteiger partial charge is 0.191 e. The van der Waals surface area contributed by atoms with Crippen molar-refractivity contribution in [2.75, 3.05) is 26.7 Å². The van der Waals surface area contributed by atoms with Crippen molar-refractivity contribution in [3.05, 3.63) is 47.5 Å². The minimum absolute atomic E-state index is 0. The van der Waals surface area contributed by atoms with E-state index in [4.69, 9.17) is 0 Å². The Morgan fingerprint density at radius 1 is 1.11 bits per heavy atom. The summed E-state index contributed by atoms with van der Waals surface area (Å²) in [5, 5.41) is 14.8. The van der Waals surface area contributed by atoms with Gasteiger partial charge in [-0.1, -0.05) is 31.2 Å². The first-order valence-corrected chi connectivity index (χ1v) is 9.90. The number of aromatic nitrogens is 3. The van der Waals surface area contributed by atoms with Crippen LogP contribution in [0.3, 0.4) is 0 Å². The van der Waals surface area contributed by atoms with E-state index in [1.165, 1.54) is 37.1 Å². The summed E-state index contributed by atoms with van der Waals surface area (Å²) in [5.41, 5.74) is 2.65. The van der Waals surface area contributed by atoms with E-state index in [2.05, 4.69) is 66.5 Å². The van der Waals surface area contributed by atoms with E-state index in [-0.39, 0.29) is 24.0 Å². The van der Waals surface area contributed by atoms with Gasteiger partial charge >= 0.3 is 0 Å². The third-order valence-corrected chi connectivity index (χ3v) is 4.97. The Morgan fingerprint density at radius 2 is 1.82 bits per heavy atom. The van der Waals surface area contributed by atoms with Crippen molar-refractivity contribution in [3.63, 3.8) is 0 Å². The number of likely N-dealkylation sites (tertiary alicyclic amines) is 1. The molecular formula is C20H32IN7. The number of halogens is 1. The number of hydrogen-bond acceptors (Lipinski definition) is 4. The lowest BCUT2D eigenvalue weighted by atomic mass is 10.1. The van der Waals surface area contributed by atoms with Gasteiger partial charge in [-0.25, -0.2) is 0 Å². The van der Waals surface area contributed by atoms with E-state index in [9.17, 15) is 0 Å². The quantitative estimate of drug-likeness (QED) is 0.333. The highest BCUT2D eigenvalue weighted by atomic mass is 127. The molecule has 7 nitrogen and oxygen atoms in total. The first kappa shape index (κ1) is 22.6. The highest BCUT2D eigenvalue weighted by Gasteiger charge is 2.11. The lowest BCUT2D eigenvalue weighted by Gasteiger charge is -2.15. The van der Waals surface area contributed by atoms with Crippen molar-refractivity contribution in [2.24, 2.45) is 4.99 Å². The van der Waals surface area contributed by atoms with Gasteiger partial charge in [0.25, 0.3) is 0 Å². The van der Waals surface area contributed by atoms with Gasteiger partial charge < -0.3 is 15.2 Å². The molecule has 1 fully saturated rings. The van der Waals surface area contributed by atoms with Crippen LogP contribution in [0, 0.1) is 0 Å². The average Bonchev–Trinajstić information content (AvgIpc) is 3.37. The van der Waals surface area contributed by atoms with E-state index >= 15 is 0 Å². The summed E-state index contributed by atoms with van der Waals surface area (Å²) in [4.78, 5) is 6.82. The van der Waals surface area contributed by atoms with Gasteiger partial charge in [0.1, 0.15) is 12.2 Å². The summed E-state index contributed by atoms with van der Waals surface area (Å²) in [6, 6.07) is 8.89. The van der Waals surface area contributed by atoms with Crippen LogP contribution >= 0.6 is 24.0 Å². The van der Waals surface area contributed by atoms with Crippen molar-refractivity contribution in [2.45, 2.75) is 45.8 Å². The summed E-state index contributed by atoms with van der Waals surface area (Å²) in [6.45, 7) is 7.99. The van der Waals surface area contributed by atoms with Crippen LogP contribution in [0.4, 0.5) is 0 Å². The van der Waals surface area contributed by atoms with Crippen molar-refractivity contribution in [1.82, 2.24) is 30.3 Å². The molecule has 1 aromatic carbocycles. The highest BCUT2D eigenvalue weighted by molar-refractivity contribution is 14.0. The van der Waals surface area contributed by atoms with Crippen LogP contribution in [-0.4, -0.2) is 52.3 Å². The second-order valence-corrected chi connectivity index (χ2v) is 6.95. The standard InChI is InChI=1S/C20H31N7.HI/c1-3-19-25-24-16-27(19)13-10-22-20(21-2)23-14-17-6-8-18(9-7-17)15-26-11-4-5-12-26;/h6-9,16H,3-5,10-15H2,1-2H3,(H2,21,22,23);1H. The predicted molar refractivity (Wildman–Crippen MR) is 124 cm³/mol. The van der Waals surface area contributed by atoms with Gasteiger partial charge in [-0.05, 0) is 37.1 Å². The second kappa shape index (κ2) is 12.0. The Bertz CT molecular complexity index is 720. The van der Waals surface area contributed by atoms with E-state index in [1.807, 2.05) is 0 Å². The number of hydrogen-bond donors (Lipinski definition) is 2. The molecule has 2 heterocycles. The molecule has 1 saturated heterocycles. The Balaban J connectivity index is 0.00000280. The molecule has 1 aromatic heterocycles. The Kier molecular flexibility index (Phi) is 9.69. The summed E-state index contributed by atoms with van der Waals surface area (Å²) in [7, 11) is 1.80. The maximum atomic E-state index is 4.30. The molecule has 154 valence electrons. The molecule has 0 unspecified atom stereocenters. The van der Waals surface area contributed by atoms with Gasteiger partial charge in [0.05, 0.1) is 0 Å². The second-order valence-electron chi connectivity index (χ2n) is 6.95. The molecular weight excluding hydrogens is 465 g/mol. The summed E-state index contributed by atoms with van der Waals surface area (Å²) in [5.74, 6) is 1.82. The molecule has 1 aliphatic rings. The van der Waals surface area contributed by atoms with Crippen LogP contribution in [0.5, 0.6) is 0 Å². The minimum atomic E-state index is 0. The van der Waals surface area contributed by atoms with Crippen LogP contribution < -0.4 is 10.6 Å². The first-order valence-electron chi connectivity index (χ1n) is 9.90. The third kappa shape index (κ3) is 6.73. The first-order chi connectivity index (χ1) is 13.3. The number of aryl methyl sites for hydroxylation is 1. The normalized spacial score (nSPS) is 14.7. The Hall–Kier alpha value is -1.68. The Morgan fingerprint density at radius 3 is 2.50 bits per heavy atom. The van der Waals surface area contributed by atoms with Gasteiger partial charge in [-0.3, -0.25) is 9.89 Å². The molecule has 8 heteroatoms. The molecule has 2 N–H and O–H groups in total. The molecule has 0 atom stereocenters. The zero-order chi connectivity index (χ0) is 18.9. The van der Waals surface area contributed by atoms with Crippen LogP contribution in [0.25, 0.3) is 0 Å². The Labute approximate surface area is 185 Å². The maximum absolute atomic E-state index is 4.30. The van der Waals surface area contributed by atoms with Gasteiger partial charge in [0, 0.05) is 39.6 Å². The number of aliphatic imine (C=N–C) groups is 1. The number of guanidine groups is 1. The number of benzene rings is 1. The fourth-order valence-electron chi connectivity index (χ4n) is 3.40. The highest BCUT2D eigenvalue weighted by Crippen LogP contribution is 2.13. The van der Waals surface area contributed by atoms with Crippen molar-refractivity contribution >= 4 is 29.9 Å². The van der Waals surface area contributed by atoms with Crippen molar-refractivity contribution in [1.29, 1.82) is 0 Å². The van der Waals surface area contributed by atoms with Crippen LogP contribution in [0.2, 0.25) is 0 Å². The molecule has 3 rings (SSSR count). The molecule has 0 saturated carbocycles. The van der Waals surface area contributed by atoms with Crippen LogP contribution in [0.15, 0.2) is 35.6 Å². The summed E-state index contributed by atoms with van der Waals surface area (Å²) >= 11 is 0. The average molecular weight is 497 g/mol. The maximum Gasteiger partial charge on any atom is 0.191 e. The summed E-state index contributed by atoms with van der Waals surface area (Å²) < 4.78 is 2.07. The monoisotopic (exact) mass is 497 g/mol. The molecule has 0 bridgehead atoms. The van der Waals surface area contributed by atoms with Crippen LogP contribution in [0.1, 0.15) is 36.7 Å². The number of nitrogens with zero attached hydrogens (tertiary/aromatic N) is 5. The molecule has 1 aliphatic heterocycles. The zero-order valence-corrected chi connectivity index (χ0v) is 19.2. The van der Waals surface area contributed by atoms with Gasteiger partial charge in [-0.2, -0.15) is 0 Å². The minimum Gasteiger partial charge on any atom is -0.355 e. The lowest BCUT2D eigenvalue weighted by molar-refractivity contribution is 0.331. The van der Waals surface area contributed by atoms with E-state index in [1.54, 1.807) is 13.4 Å². The fourth-order valence-corrected chi connectivity index (χ4v) is 3.40. The van der Waals surface area contributed by atoms with Gasteiger partial charge in [0.2, 0.25) is 0 Å². The van der Waals surface area contributed by atoms with E-state index in [0.29, 0.717) is 0 Å². The third-order valence-electron chi connectivity index (χ3n) is 4.97. The van der Waals surface area contributed by atoms with Crippen molar-refractivity contribution in [3.8, 4) is 0 Å². The SMILES string of the molecule is CCc1nncn1CCNC(=NC)NCc1ccc(CN2CCCC2)cc1.I. The molecule has 0 amide bonds. The number of nitrogens with one attached hydrogen (secondary N) is 2. The lowest BCUT2D eigenvalue weighted by Crippen LogP contribution is -2.38. The molecule has 0 aliphatic carbocycles. The van der Waals surface area contributed by atoms with Gasteiger partial charge in [0.15, 0.2) is 5.96 Å². The predicted octanol–water partition coefficient (Wildman–Crippen LogP) is 2.42. The topological polar surface area (TPSA) is 70.4 Å². The zero-order valence-electron chi connectivity index (χ0n) is 16.9. The molecule has 2 aromatic rings. The van der Waals surface area contributed by atoms with Crippen LogP contribution in [-0.2, 0) is 26.1 Å². The molecule has 28 heavy (non-hydrogen) atoms. The van der Waals surface area contributed by atoms with E-state index < -0.39 is 0 Å². The number of rotatable bonds is 8. The van der Waals surface area contributed by atoms with Crippen molar-refractivity contribution < 1.29 is 0 Å². The largest absolute Gasteiger partial charge is 0.355 e. The molecule has 0 spiro atoms. The van der Waals surface area contributed by atoms with Gasteiger partial charge in [-0.15, -0.1) is 34.2 Å².